The van der Waals surface area contributed by atoms with Gasteiger partial charge in [-0.2, -0.15) is 0 Å². The Morgan fingerprint density at radius 3 is 2.55 bits per heavy atom. The molecule has 0 unspecified atom stereocenters. The highest BCUT2D eigenvalue weighted by Gasteiger charge is 2.26. The quantitative estimate of drug-likeness (QED) is 0.246. The van der Waals surface area contributed by atoms with Gasteiger partial charge in [-0.3, -0.25) is 4.79 Å². The van der Waals surface area contributed by atoms with Gasteiger partial charge in [-0.05, 0) is 38.3 Å². The predicted molar refractivity (Wildman–Crippen MR) is 125 cm³/mol. The molecule has 0 aromatic heterocycles. The summed E-state index contributed by atoms with van der Waals surface area (Å²) in [4.78, 5) is 39.4. The van der Waals surface area contributed by atoms with Gasteiger partial charge in [0.2, 0.25) is 5.91 Å². The van der Waals surface area contributed by atoms with E-state index in [9.17, 15) is 14.4 Å². The fraction of sp³-hybridized carbons (Fsp3) is 0.542. The van der Waals surface area contributed by atoms with Gasteiger partial charge in [0.15, 0.2) is 0 Å². The first kappa shape index (κ1) is 26.3. The monoisotopic (exact) mass is 460 g/mol. The number of morpholine rings is 1. The number of esters is 1. The van der Waals surface area contributed by atoms with Crippen molar-refractivity contribution in [1.82, 2.24) is 15.5 Å². The number of amides is 3. The average Bonchev–Trinajstić information content (AvgIpc) is 2.83. The lowest BCUT2D eigenvalue weighted by molar-refractivity contribution is -0.137. The number of benzene rings is 1. The average molecular weight is 461 g/mol. The Morgan fingerprint density at radius 1 is 1.15 bits per heavy atom. The second-order valence-corrected chi connectivity index (χ2v) is 7.80. The van der Waals surface area contributed by atoms with Crippen LogP contribution in [0.2, 0.25) is 0 Å². The highest BCUT2D eigenvalue weighted by molar-refractivity contribution is 5.88. The topological polar surface area (TPSA) is 123 Å². The summed E-state index contributed by atoms with van der Waals surface area (Å²) in [5, 5.41) is 5.85. The van der Waals surface area contributed by atoms with Crippen molar-refractivity contribution in [3.05, 3.63) is 48.0 Å². The molecule has 2 rings (SSSR count). The summed E-state index contributed by atoms with van der Waals surface area (Å²) < 4.78 is 10.2. The van der Waals surface area contributed by atoms with Crippen molar-refractivity contribution >= 4 is 17.9 Å². The second-order valence-electron chi connectivity index (χ2n) is 7.80. The summed E-state index contributed by atoms with van der Waals surface area (Å²) in [5.41, 5.74) is 6.53. The van der Waals surface area contributed by atoms with E-state index in [1.807, 2.05) is 30.3 Å². The maximum Gasteiger partial charge on any atom is 0.330 e. The second kappa shape index (κ2) is 15.0. The molecule has 1 heterocycles. The summed E-state index contributed by atoms with van der Waals surface area (Å²) in [6.45, 7) is 4.48. The number of carbonyl (C=O) groups is 3. The third-order valence-corrected chi connectivity index (χ3v) is 5.24. The van der Waals surface area contributed by atoms with Crippen LogP contribution < -0.4 is 16.4 Å². The van der Waals surface area contributed by atoms with Crippen molar-refractivity contribution in [2.45, 2.75) is 44.7 Å². The van der Waals surface area contributed by atoms with Crippen molar-refractivity contribution in [2.24, 2.45) is 5.73 Å². The van der Waals surface area contributed by atoms with Crippen LogP contribution >= 0.6 is 0 Å². The summed E-state index contributed by atoms with van der Waals surface area (Å²) in [7, 11) is 0. The molecule has 3 amide bonds. The van der Waals surface area contributed by atoms with Crippen molar-refractivity contribution in [1.29, 1.82) is 0 Å². The number of urea groups is 1. The third kappa shape index (κ3) is 10.0. The van der Waals surface area contributed by atoms with Crippen molar-refractivity contribution in [2.75, 3.05) is 39.5 Å². The molecular weight excluding hydrogens is 424 g/mol. The van der Waals surface area contributed by atoms with Gasteiger partial charge in [-0.15, -0.1) is 0 Å². The van der Waals surface area contributed by atoms with E-state index < -0.39 is 12.0 Å². The molecule has 1 aromatic rings. The van der Waals surface area contributed by atoms with Crippen molar-refractivity contribution < 1.29 is 23.9 Å². The molecule has 1 aliphatic rings. The van der Waals surface area contributed by atoms with Gasteiger partial charge in [0.1, 0.15) is 6.04 Å². The highest BCUT2D eigenvalue weighted by atomic mass is 16.5. The molecule has 9 heteroatoms. The number of nitrogens with two attached hydrogens (primary N) is 1. The smallest absolute Gasteiger partial charge is 0.330 e. The van der Waals surface area contributed by atoms with E-state index in [1.54, 1.807) is 17.9 Å². The van der Waals surface area contributed by atoms with Crippen LogP contribution in [0.25, 0.3) is 0 Å². The Balaban J connectivity index is 2.10. The summed E-state index contributed by atoms with van der Waals surface area (Å²) in [6, 6.07) is 8.08. The molecule has 4 N–H and O–H groups in total. The standard InChI is InChI=1S/C24H36N4O5/c1-2-33-22(29)12-11-20(10-6-7-13-25)26-23(30)21(18-19-8-4-3-5-9-19)27-24(31)28-14-16-32-17-15-28/h3-5,8-9,11-12,20-21H,2,6-7,10,13-18,25H2,1H3,(H,26,30)(H,27,31)/t20-,21-/m0/s1. The van der Waals surface area contributed by atoms with E-state index in [0.29, 0.717) is 45.7 Å². The van der Waals surface area contributed by atoms with E-state index in [2.05, 4.69) is 10.6 Å². The van der Waals surface area contributed by atoms with Crippen LogP contribution in [0.5, 0.6) is 0 Å². The fourth-order valence-electron chi connectivity index (χ4n) is 3.46. The van der Waals surface area contributed by atoms with Crippen LogP contribution in [0, 0.1) is 0 Å². The van der Waals surface area contributed by atoms with Crippen LogP contribution in [0.1, 0.15) is 31.7 Å². The van der Waals surface area contributed by atoms with Crippen molar-refractivity contribution in [3.8, 4) is 0 Å². The van der Waals surface area contributed by atoms with E-state index in [1.165, 1.54) is 6.08 Å². The lowest BCUT2D eigenvalue weighted by Gasteiger charge is -2.29. The molecule has 0 radical (unpaired) electrons. The highest BCUT2D eigenvalue weighted by Crippen LogP contribution is 2.08. The van der Waals surface area contributed by atoms with Crippen molar-refractivity contribution in [3.63, 3.8) is 0 Å². The minimum absolute atomic E-state index is 0.278. The SMILES string of the molecule is CCOC(=O)C=C[C@H](CCCCN)NC(=O)[C@H](Cc1ccccc1)NC(=O)N1CCOCC1. The Labute approximate surface area is 195 Å². The zero-order valence-electron chi connectivity index (χ0n) is 19.3. The number of nitrogens with one attached hydrogen (secondary N) is 2. The number of hydrogen-bond donors (Lipinski definition) is 3. The minimum Gasteiger partial charge on any atom is -0.463 e. The van der Waals surface area contributed by atoms with E-state index in [-0.39, 0.29) is 24.6 Å². The molecular formula is C24H36N4O5. The molecule has 1 fully saturated rings. The Morgan fingerprint density at radius 2 is 1.88 bits per heavy atom. The number of ether oxygens (including phenoxy) is 2. The van der Waals surface area contributed by atoms with Crippen LogP contribution in [0.4, 0.5) is 4.79 Å². The number of carbonyl (C=O) groups excluding carboxylic acids is 3. The molecule has 0 saturated carbocycles. The van der Waals surface area contributed by atoms with Gasteiger partial charge in [0.05, 0.1) is 19.8 Å². The molecule has 9 nitrogen and oxygen atoms in total. The van der Waals surface area contributed by atoms with Gasteiger partial charge < -0.3 is 30.7 Å². The molecule has 0 aliphatic carbocycles. The van der Waals surface area contributed by atoms with Gasteiger partial charge in [-0.25, -0.2) is 9.59 Å². The fourth-order valence-corrected chi connectivity index (χ4v) is 3.46. The Bertz CT molecular complexity index is 765. The molecule has 1 saturated heterocycles. The molecule has 1 aromatic carbocycles. The van der Waals surface area contributed by atoms with Gasteiger partial charge >= 0.3 is 12.0 Å². The lowest BCUT2D eigenvalue weighted by Crippen LogP contribution is -2.55. The minimum atomic E-state index is -0.768. The molecule has 1 aliphatic heterocycles. The summed E-state index contributed by atoms with van der Waals surface area (Å²) in [6.07, 6.45) is 5.53. The Kier molecular flexibility index (Phi) is 12.0. The molecule has 0 spiro atoms. The van der Waals surface area contributed by atoms with Gasteiger partial charge in [-0.1, -0.05) is 36.4 Å². The largest absolute Gasteiger partial charge is 0.463 e. The normalized spacial score (nSPS) is 15.6. The predicted octanol–water partition coefficient (Wildman–Crippen LogP) is 1.37. The van der Waals surface area contributed by atoms with Crippen LogP contribution in [-0.4, -0.2) is 74.3 Å². The number of rotatable bonds is 12. The lowest BCUT2D eigenvalue weighted by atomic mass is 10.0. The van der Waals surface area contributed by atoms with Crippen LogP contribution in [0.15, 0.2) is 42.5 Å². The maximum atomic E-state index is 13.2. The molecule has 0 bridgehead atoms. The van der Waals surface area contributed by atoms with Gasteiger partial charge in [0.25, 0.3) is 0 Å². The first-order chi connectivity index (χ1) is 16.0. The number of unbranched alkanes of at least 4 members (excludes halogenated alkanes) is 1. The van der Waals surface area contributed by atoms with E-state index in [4.69, 9.17) is 15.2 Å². The van der Waals surface area contributed by atoms with Crippen LogP contribution in [0.3, 0.4) is 0 Å². The zero-order chi connectivity index (χ0) is 23.9. The number of hydrogen-bond acceptors (Lipinski definition) is 6. The summed E-state index contributed by atoms with van der Waals surface area (Å²) >= 11 is 0. The molecule has 182 valence electrons. The van der Waals surface area contributed by atoms with Gasteiger partial charge in [0, 0.05) is 31.6 Å². The van der Waals surface area contributed by atoms with Crippen LogP contribution in [-0.2, 0) is 25.5 Å². The molecule has 2 atom stereocenters. The molecule has 33 heavy (non-hydrogen) atoms. The number of nitrogens with zero attached hydrogens (tertiary/aromatic N) is 1. The first-order valence-electron chi connectivity index (χ1n) is 11.6. The maximum absolute atomic E-state index is 13.2. The van der Waals surface area contributed by atoms with E-state index in [0.717, 1.165) is 18.4 Å². The third-order valence-electron chi connectivity index (χ3n) is 5.24. The Hall–Kier alpha value is -2.91. The van der Waals surface area contributed by atoms with E-state index >= 15 is 0 Å². The first-order valence-corrected chi connectivity index (χ1v) is 11.6. The summed E-state index contributed by atoms with van der Waals surface area (Å²) in [5.74, 6) is -0.774. The zero-order valence-corrected chi connectivity index (χ0v) is 19.3.